The summed E-state index contributed by atoms with van der Waals surface area (Å²) >= 11 is 5.17. The molecule has 1 saturated heterocycles. The average Bonchev–Trinajstić information content (AvgIpc) is 3.06. The number of benzene rings is 1. The lowest BCUT2D eigenvalue weighted by atomic mass is 10.2. The summed E-state index contributed by atoms with van der Waals surface area (Å²) in [5.41, 5.74) is 0. The minimum atomic E-state index is -0.329. The van der Waals surface area contributed by atoms with E-state index in [1.165, 1.54) is 0 Å². The Morgan fingerprint density at radius 1 is 1.45 bits per heavy atom. The zero-order chi connectivity index (χ0) is 13.9. The molecule has 2 heterocycles. The molecular weight excluding hydrogens is 342 g/mol. The van der Waals surface area contributed by atoms with Gasteiger partial charge in [0.15, 0.2) is 5.82 Å². The van der Waals surface area contributed by atoms with E-state index in [2.05, 4.69) is 31.4 Å². The molecule has 0 spiro atoms. The third kappa shape index (κ3) is 3.22. The number of thioether (sulfide) groups is 1. The van der Waals surface area contributed by atoms with E-state index in [1.54, 1.807) is 11.8 Å². The van der Waals surface area contributed by atoms with E-state index >= 15 is 0 Å². The van der Waals surface area contributed by atoms with Gasteiger partial charge < -0.3 is 14.9 Å². The molecule has 7 heteroatoms. The summed E-state index contributed by atoms with van der Waals surface area (Å²) < 4.78 is 6.32. The molecule has 0 aliphatic carbocycles. The monoisotopic (exact) mass is 355 g/mol. The first kappa shape index (κ1) is 14.1. The van der Waals surface area contributed by atoms with Crippen LogP contribution in [0.1, 0.15) is 24.2 Å². The number of hydrogen-bond donors (Lipinski definition) is 2. The average molecular weight is 356 g/mol. The normalized spacial score (nSPS) is 22.3. The van der Waals surface area contributed by atoms with Crippen LogP contribution in [0, 0.1) is 0 Å². The summed E-state index contributed by atoms with van der Waals surface area (Å²) in [7, 11) is 0. The highest BCUT2D eigenvalue weighted by atomic mass is 79.9. The smallest absolute Gasteiger partial charge is 0.243 e. The van der Waals surface area contributed by atoms with Gasteiger partial charge in [-0.05, 0) is 34.5 Å². The van der Waals surface area contributed by atoms with Gasteiger partial charge in [-0.2, -0.15) is 4.98 Å². The largest absolute Gasteiger partial charge is 0.392 e. The topological polar surface area (TPSA) is 71.2 Å². The maximum Gasteiger partial charge on any atom is 0.243 e. The maximum atomic E-state index is 9.49. The van der Waals surface area contributed by atoms with Crippen molar-refractivity contribution < 1.29 is 9.63 Å². The molecular formula is C13H14BrN3O2S. The van der Waals surface area contributed by atoms with Gasteiger partial charge in [0.25, 0.3) is 0 Å². The molecule has 2 N–H and O–H groups in total. The fourth-order valence-electron chi connectivity index (χ4n) is 2.08. The third-order valence-electron chi connectivity index (χ3n) is 3.08. The number of aromatic nitrogens is 2. The summed E-state index contributed by atoms with van der Waals surface area (Å²) in [6.07, 6.45) is 0.295. The van der Waals surface area contributed by atoms with Gasteiger partial charge in [-0.3, -0.25) is 0 Å². The fraction of sp³-hybridized carbons (Fsp3) is 0.385. The molecule has 2 atom stereocenters. The highest BCUT2D eigenvalue weighted by molar-refractivity contribution is 9.10. The predicted molar refractivity (Wildman–Crippen MR) is 79.4 cm³/mol. The first-order chi connectivity index (χ1) is 9.72. The lowest BCUT2D eigenvalue weighted by Gasteiger charge is -2.02. The van der Waals surface area contributed by atoms with Crippen LogP contribution in [0.3, 0.4) is 0 Å². The molecule has 106 valence electrons. The number of aliphatic hydroxyl groups excluding tert-OH is 1. The van der Waals surface area contributed by atoms with Crippen molar-refractivity contribution in [1.29, 1.82) is 0 Å². The Morgan fingerprint density at radius 2 is 2.30 bits per heavy atom. The van der Waals surface area contributed by atoms with Gasteiger partial charge in [0.05, 0.1) is 17.9 Å². The molecule has 0 unspecified atom stereocenters. The van der Waals surface area contributed by atoms with Gasteiger partial charge in [-0.15, -0.1) is 11.8 Å². The summed E-state index contributed by atoms with van der Waals surface area (Å²) in [6, 6.07) is 8.01. The van der Waals surface area contributed by atoms with E-state index in [-0.39, 0.29) is 12.1 Å². The van der Waals surface area contributed by atoms with Gasteiger partial charge in [0.1, 0.15) is 0 Å². The van der Waals surface area contributed by atoms with Crippen molar-refractivity contribution in [2.45, 2.75) is 29.2 Å². The van der Waals surface area contributed by atoms with Crippen LogP contribution in [-0.4, -0.2) is 27.9 Å². The van der Waals surface area contributed by atoms with Crippen molar-refractivity contribution in [3.63, 3.8) is 0 Å². The summed E-state index contributed by atoms with van der Waals surface area (Å²) in [5, 5.41) is 16.6. The van der Waals surface area contributed by atoms with Crippen LogP contribution in [0.25, 0.3) is 0 Å². The number of nitrogens with one attached hydrogen (secondary N) is 1. The van der Waals surface area contributed by atoms with Crippen molar-refractivity contribution in [1.82, 2.24) is 15.5 Å². The molecule has 1 aliphatic heterocycles. The number of hydrogen-bond acceptors (Lipinski definition) is 6. The van der Waals surface area contributed by atoms with Gasteiger partial charge in [-0.25, -0.2) is 0 Å². The molecule has 5 nitrogen and oxygen atoms in total. The fourth-order valence-corrected chi connectivity index (χ4v) is 3.49. The van der Waals surface area contributed by atoms with E-state index in [0.29, 0.717) is 30.4 Å². The Labute approximate surface area is 129 Å². The molecule has 3 rings (SSSR count). The molecule has 1 aromatic heterocycles. The van der Waals surface area contributed by atoms with Crippen LogP contribution >= 0.6 is 27.7 Å². The first-order valence-electron chi connectivity index (χ1n) is 6.33. The van der Waals surface area contributed by atoms with E-state index in [0.717, 1.165) is 9.37 Å². The van der Waals surface area contributed by atoms with Crippen LogP contribution in [0.4, 0.5) is 0 Å². The number of rotatable bonds is 4. The Hall–Kier alpha value is -0.890. The quantitative estimate of drug-likeness (QED) is 0.821. The van der Waals surface area contributed by atoms with Crippen molar-refractivity contribution in [2.24, 2.45) is 0 Å². The Morgan fingerprint density at radius 3 is 3.05 bits per heavy atom. The van der Waals surface area contributed by atoms with Crippen LogP contribution in [-0.2, 0) is 5.75 Å². The van der Waals surface area contributed by atoms with Gasteiger partial charge >= 0.3 is 0 Å². The maximum absolute atomic E-state index is 9.49. The predicted octanol–water partition coefficient (Wildman–Crippen LogP) is 2.52. The van der Waals surface area contributed by atoms with Gasteiger partial charge in [0.2, 0.25) is 5.89 Å². The molecule has 1 aromatic carbocycles. The van der Waals surface area contributed by atoms with Crippen molar-refractivity contribution in [3.05, 3.63) is 40.5 Å². The lowest BCUT2D eigenvalue weighted by molar-refractivity contribution is 0.191. The molecule has 0 amide bonds. The Kier molecular flexibility index (Phi) is 4.40. The van der Waals surface area contributed by atoms with E-state index in [9.17, 15) is 5.11 Å². The van der Waals surface area contributed by atoms with Crippen LogP contribution in [0.2, 0.25) is 0 Å². The number of aliphatic hydroxyl groups is 1. The number of halogens is 1. The standard InChI is InChI=1S/C13H14BrN3O2S/c14-9-3-1-2-4-11(9)20-7-12-16-13(19-17-12)10-5-8(18)6-15-10/h1-4,8,10,15,18H,5-7H2/t8-,10-/m0/s1. The van der Waals surface area contributed by atoms with E-state index in [1.807, 2.05) is 24.3 Å². The Balaban J connectivity index is 1.62. The first-order valence-corrected chi connectivity index (χ1v) is 8.11. The van der Waals surface area contributed by atoms with E-state index in [4.69, 9.17) is 4.52 Å². The van der Waals surface area contributed by atoms with Crippen LogP contribution < -0.4 is 5.32 Å². The molecule has 1 fully saturated rings. The highest BCUT2D eigenvalue weighted by Crippen LogP contribution is 2.29. The molecule has 20 heavy (non-hydrogen) atoms. The van der Waals surface area contributed by atoms with Crippen molar-refractivity contribution >= 4 is 27.7 Å². The second-order valence-corrected chi connectivity index (χ2v) is 6.49. The summed E-state index contributed by atoms with van der Waals surface area (Å²) in [4.78, 5) is 5.53. The van der Waals surface area contributed by atoms with Crippen LogP contribution in [0.15, 0.2) is 38.2 Å². The zero-order valence-corrected chi connectivity index (χ0v) is 13.0. The SMILES string of the molecule is O[C@@H]1CN[C@H](c2nc(CSc3ccccc3Br)no2)C1. The van der Waals surface area contributed by atoms with Crippen molar-refractivity contribution in [2.75, 3.05) is 6.54 Å². The number of nitrogens with zero attached hydrogens (tertiary/aromatic N) is 2. The summed E-state index contributed by atoms with van der Waals surface area (Å²) in [6.45, 7) is 0.577. The molecule has 1 aliphatic rings. The molecule has 0 saturated carbocycles. The lowest BCUT2D eigenvalue weighted by Crippen LogP contribution is -2.15. The summed E-state index contributed by atoms with van der Waals surface area (Å²) in [5.74, 6) is 1.88. The highest BCUT2D eigenvalue weighted by Gasteiger charge is 2.28. The van der Waals surface area contributed by atoms with E-state index < -0.39 is 0 Å². The van der Waals surface area contributed by atoms with Gasteiger partial charge in [-0.1, -0.05) is 17.3 Å². The minimum absolute atomic E-state index is 0.0280. The third-order valence-corrected chi connectivity index (χ3v) is 5.11. The van der Waals surface area contributed by atoms with Crippen molar-refractivity contribution in [3.8, 4) is 0 Å². The number of β-amino-alcohol motifs (C(OH)–C–C–N with tert-alkyl or cyclic N) is 1. The molecule has 0 radical (unpaired) electrons. The second kappa shape index (κ2) is 6.26. The minimum Gasteiger partial charge on any atom is -0.392 e. The molecule has 2 aromatic rings. The van der Waals surface area contributed by atoms with Crippen LogP contribution in [0.5, 0.6) is 0 Å². The molecule has 0 bridgehead atoms. The van der Waals surface area contributed by atoms with Gasteiger partial charge in [0, 0.05) is 15.9 Å². The second-order valence-electron chi connectivity index (χ2n) is 4.62. The Bertz CT molecular complexity index is 593. The zero-order valence-electron chi connectivity index (χ0n) is 10.6.